The standard InChI is InChI=1S/C24H26F4N2O4S/c1-2-35(32,33)29-22-18(25)13-30(24(31)20-9-10-34-20)19(22)12-15-6-4-8-17(21(15)26)14-5-3-7-16(11-14)23(27)28/h3-8,11,18-20,22-23,29H,2,9-10,12-13H2,1H3/t18-,19-,20?,22-/m0/s1. The molecule has 0 aromatic heterocycles. The summed E-state index contributed by atoms with van der Waals surface area (Å²) >= 11 is 0. The molecule has 11 heteroatoms. The van der Waals surface area contributed by atoms with Crippen molar-refractivity contribution in [2.75, 3.05) is 18.9 Å². The summed E-state index contributed by atoms with van der Waals surface area (Å²) in [6.45, 7) is 1.45. The zero-order chi connectivity index (χ0) is 25.3. The zero-order valence-electron chi connectivity index (χ0n) is 19.0. The van der Waals surface area contributed by atoms with Crippen LogP contribution < -0.4 is 4.72 Å². The number of carbonyl (C=O) groups excluding carboxylic acids is 1. The minimum Gasteiger partial charge on any atom is -0.368 e. The number of ether oxygens (including phenoxy) is 1. The Morgan fingerprint density at radius 1 is 1.23 bits per heavy atom. The highest BCUT2D eigenvalue weighted by atomic mass is 32.2. The molecular weight excluding hydrogens is 488 g/mol. The van der Waals surface area contributed by atoms with Gasteiger partial charge in [0, 0.05) is 17.5 Å². The number of rotatable bonds is 8. The SMILES string of the molecule is CCS(=O)(=O)N[C@H]1[C@@H](F)CN(C(=O)C2CCO2)[C@H]1Cc1cccc(-c2cccc(C(F)F)c2)c1F. The molecule has 2 fully saturated rings. The summed E-state index contributed by atoms with van der Waals surface area (Å²) in [5.74, 6) is -1.46. The molecule has 0 bridgehead atoms. The molecule has 4 rings (SSSR count). The highest BCUT2D eigenvalue weighted by Crippen LogP contribution is 2.32. The second-order valence-electron chi connectivity index (χ2n) is 8.68. The second kappa shape index (κ2) is 10.2. The first-order valence-electron chi connectivity index (χ1n) is 11.3. The lowest BCUT2D eigenvalue weighted by Crippen LogP contribution is -2.53. The van der Waals surface area contributed by atoms with E-state index in [0.717, 1.165) is 0 Å². The lowest BCUT2D eigenvalue weighted by molar-refractivity contribution is -0.157. The van der Waals surface area contributed by atoms with E-state index in [2.05, 4.69) is 4.72 Å². The van der Waals surface area contributed by atoms with Gasteiger partial charge in [-0.1, -0.05) is 36.4 Å². The van der Waals surface area contributed by atoms with Crippen LogP contribution in [-0.4, -0.2) is 62.5 Å². The van der Waals surface area contributed by atoms with Crippen LogP contribution in [-0.2, 0) is 26.0 Å². The molecule has 2 aliphatic rings. The summed E-state index contributed by atoms with van der Waals surface area (Å²) in [6.07, 6.45) is -4.86. The third-order valence-electron chi connectivity index (χ3n) is 6.49. The lowest BCUT2D eigenvalue weighted by Gasteiger charge is -2.34. The van der Waals surface area contributed by atoms with Gasteiger partial charge in [-0.15, -0.1) is 0 Å². The minimum absolute atomic E-state index is 0.0747. The van der Waals surface area contributed by atoms with Gasteiger partial charge in [0.25, 0.3) is 12.3 Å². The molecular formula is C24H26F4N2O4S. The van der Waals surface area contributed by atoms with E-state index in [1.807, 2.05) is 0 Å². The predicted octanol–water partition coefficient (Wildman–Crippen LogP) is 3.62. The first kappa shape index (κ1) is 25.6. The molecule has 2 aliphatic heterocycles. The van der Waals surface area contributed by atoms with E-state index in [1.165, 1.54) is 54.3 Å². The quantitative estimate of drug-likeness (QED) is 0.546. The zero-order valence-corrected chi connectivity index (χ0v) is 19.8. The van der Waals surface area contributed by atoms with Crippen molar-refractivity contribution in [1.29, 1.82) is 0 Å². The summed E-state index contributed by atoms with van der Waals surface area (Å²) in [6, 6.07) is 7.51. The Labute approximate surface area is 201 Å². The number of nitrogens with zero attached hydrogens (tertiary/aromatic N) is 1. The number of benzene rings is 2. The highest BCUT2D eigenvalue weighted by Gasteiger charge is 2.48. The predicted molar refractivity (Wildman–Crippen MR) is 122 cm³/mol. The van der Waals surface area contributed by atoms with Crippen molar-refractivity contribution in [2.45, 2.75) is 50.6 Å². The second-order valence-corrected chi connectivity index (χ2v) is 10.7. The maximum Gasteiger partial charge on any atom is 0.263 e. The number of alkyl halides is 3. The van der Waals surface area contributed by atoms with Gasteiger partial charge in [0.1, 0.15) is 18.1 Å². The Kier molecular flexibility index (Phi) is 7.48. The van der Waals surface area contributed by atoms with Crippen LogP contribution in [0.5, 0.6) is 0 Å². The number of halogens is 4. The molecule has 0 saturated carbocycles. The lowest BCUT2D eigenvalue weighted by atomic mass is 9.95. The van der Waals surface area contributed by atoms with Crippen LogP contribution in [0.15, 0.2) is 42.5 Å². The molecule has 35 heavy (non-hydrogen) atoms. The number of nitrogens with one attached hydrogen (secondary N) is 1. The van der Waals surface area contributed by atoms with E-state index in [-0.39, 0.29) is 41.0 Å². The normalized spacial score (nSPS) is 24.6. The van der Waals surface area contributed by atoms with Crippen LogP contribution >= 0.6 is 0 Å². The van der Waals surface area contributed by atoms with Crippen molar-refractivity contribution in [3.8, 4) is 11.1 Å². The van der Waals surface area contributed by atoms with E-state index in [0.29, 0.717) is 13.0 Å². The Morgan fingerprint density at radius 2 is 1.94 bits per heavy atom. The van der Waals surface area contributed by atoms with Gasteiger partial charge in [-0.2, -0.15) is 0 Å². The van der Waals surface area contributed by atoms with Gasteiger partial charge in [0.05, 0.1) is 31.0 Å². The molecule has 0 aliphatic carbocycles. The van der Waals surface area contributed by atoms with E-state index in [1.54, 1.807) is 0 Å². The fourth-order valence-electron chi connectivity index (χ4n) is 4.45. The molecule has 1 N–H and O–H groups in total. The van der Waals surface area contributed by atoms with Crippen LogP contribution in [0, 0.1) is 5.82 Å². The smallest absolute Gasteiger partial charge is 0.263 e. The van der Waals surface area contributed by atoms with E-state index < -0.39 is 52.5 Å². The van der Waals surface area contributed by atoms with Crippen molar-refractivity contribution in [1.82, 2.24) is 9.62 Å². The number of hydrogen-bond donors (Lipinski definition) is 1. The van der Waals surface area contributed by atoms with Gasteiger partial charge in [-0.05, 0) is 30.5 Å². The van der Waals surface area contributed by atoms with Gasteiger partial charge >= 0.3 is 0 Å². The molecule has 1 unspecified atom stereocenters. The number of sulfonamides is 1. The maximum atomic E-state index is 15.6. The van der Waals surface area contributed by atoms with Crippen molar-refractivity contribution in [2.24, 2.45) is 0 Å². The van der Waals surface area contributed by atoms with Crippen molar-refractivity contribution < 1.29 is 35.5 Å². The van der Waals surface area contributed by atoms with Crippen LogP contribution in [0.2, 0.25) is 0 Å². The monoisotopic (exact) mass is 514 g/mol. The molecule has 6 nitrogen and oxygen atoms in total. The van der Waals surface area contributed by atoms with E-state index in [9.17, 15) is 22.0 Å². The molecule has 0 radical (unpaired) electrons. The summed E-state index contributed by atoms with van der Waals surface area (Å²) in [5, 5.41) is 0. The molecule has 2 aromatic carbocycles. The number of likely N-dealkylation sites (tertiary alicyclic amines) is 1. The summed E-state index contributed by atoms with van der Waals surface area (Å²) in [4.78, 5) is 14.1. The number of carbonyl (C=O) groups is 1. The molecule has 190 valence electrons. The van der Waals surface area contributed by atoms with Crippen LogP contribution in [0.3, 0.4) is 0 Å². The largest absolute Gasteiger partial charge is 0.368 e. The van der Waals surface area contributed by atoms with Gasteiger partial charge in [-0.25, -0.2) is 30.7 Å². The van der Waals surface area contributed by atoms with Gasteiger partial charge < -0.3 is 9.64 Å². The Bertz CT molecular complexity index is 1190. The maximum absolute atomic E-state index is 15.6. The van der Waals surface area contributed by atoms with Gasteiger partial charge in [0.15, 0.2) is 0 Å². The Balaban J connectivity index is 1.68. The molecule has 1 amide bonds. The first-order chi connectivity index (χ1) is 16.6. The third kappa shape index (κ3) is 5.36. The average molecular weight is 515 g/mol. The minimum atomic E-state index is -3.82. The molecule has 4 atom stereocenters. The molecule has 2 saturated heterocycles. The van der Waals surface area contributed by atoms with Crippen molar-refractivity contribution in [3.63, 3.8) is 0 Å². The van der Waals surface area contributed by atoms with E-state index >= 15 is 8.78 Å². The van der Waals surface area contributed by atoms with Crippen molar-refractivity contribution in [3.05, 3.63) is 59.4 Å². The Hall–Kier alpha value is -2.50. The fourth-order valence-corrected chi connectivity index (χ4v) is 5.33. The van der Waals surface area contributed by atoms with Gasteiger partial charge in [0.2, 0.25) is 10.0 Å². The fraction of sp³-hybridized carbons (Fsp3) is 0.458. The van der Waals surface area contributed by atoms with Crippen LogP contribution in [0.25, 0.3) is 11.1 Å². The molecule has 2 heterocycles. The van der Waals surface area contributed by atoms with Gasteiger partial charge in [-0.3, -0.25) is 4.79 Å². The molecule has 0 spiro atoms. The topological polar surface area (TPSA) is 75.7 Å². The Morgan fingerprint density at radius 3 is 2.57 bits per heavy atom. The van der Waals surface area contributed by atoms with Crippen LogP contribution in [0.4, 0.5) is 17.6 Å². The summed E-state index contributed by atoms with van der Waals surface area (Å²) < 4.78 is 88.9. The first-order valence-corrected chi connectivity index (χ1v) is 13.0. The van der Waals surface area contributed by atoms with Crippen LogP contribution in [0.1, 0.15) is 30.9 Å². The number of hydrogen-bond acceptors (Lipinski definition) is 4. The molecule has 2 aromatic rings. The van der Waals surface area contributed by atoms with E-state index in [4.69, 9.17) is 4.74 Å². The summed E-state index contributed by atoms with van der Waals surface area (Å²) in [5.41, 5.74) is 0.174. The highest BCUT2D eigenvalue weighted by molar-refractivity contribution is 7.89. The van der Waals surface area contributed by atoms with Crippen molar-refractivity contribution >= 4 is 15.9 Å². The number of amides is 1. The average Bonchev–Trinajstić information content (AvgIpc) is 3.08. The summed E-state index contributed by atoms with van der Waals surface area (Å²) in [7, 11) is -3.82. The third-order valence-corrected chi connectivity index (χ3v) is 7.88.